The van der Waals surface area contributed by atoms with E-state index in [0.29, 0.717) is 6.04 Å². The molecule has 1 unspecified atom stereocenters. The van der Waals surface area contributed by atoms with Crippen LogP contribution < -0.4 is 4.90 Å². The summed E-state index contributed by atoms with van der Waals surface area (Å²) < 4.78 is 7.78. The van der Waals surface area contributed by atoms with Gasteiger partial charge in [-0.3, -0.25) is 0 Å². The van der Waals surface area contributed by atoms with Gasteiger partial charge < -0.3 is 9.32 Å². The molecule has 3 heterocycles. The van der Waals surface area contributed by atoms with Gasteiger partial charge in [-0.25, -0.2) is 0 Å². The average Bonchev–Trinajstić information content (AvgIpc) is 3.26. The minimum absolute atomic E-state index is 0.0691. The first-order valence-corrected chi connectivity index (χ1v) is 9.46. The predicted octanol–water partition coefficient (Wildman–Crippen LogP) is 6.15. The van der Waals surface area contributed by atoms with Crippen LogP contribution in [0.5, 0.6) is 0 Å². The normalized spacial score (nSPS) is 22.3. The lowest BCUT2D eigenvalue weighted by Gasteiger charge is -2.40. The third-order valence-corrected chi connectivity index (χ3v) is 6.75. The number of fused-ring (bicyclic) bond motifs is 4. The zero-order valence-corrected chi connectivity index (χ0v) is 14.5. The number of anilines is 1. The van der Waals surface area contributed by atoms with Crippen LogP contribution in [-0.2, 0) is 5.54 Å². The molecule has 5 rings (SSSR count). The van der Waals surface area contributed by atoms with E-state index >= 15 is 0 Å². The van der Waals surface area contributed by atoms with Gasteiger partial charge in [-0.05, 0) is 49.8 Å². The number of thiophene rings is 1. The van der Waals surface area contributed by atoms with Gasteiger partial charge in [-0.2, -0.15) is 0 Å². The highest BCUT2D eigenvalue weighted by Crippen LogP contribution is 2.59. The van der Waals surface area contributed by atoms with Crippen molar-refractivity contribution in [2.45, 2.75) is 51.1 Å². The molecule has 1 aromatic carbocycles. The molecule has 0 amide bonds. The highest BCUT2D eigenvalue weighted by atomic mass is 32.1. The fourth-order valence-electron chi connectivity index (χ4n) is 4.88. The topological polar surface area (TPSA) is 16.4 Å². The molecule has 2 aromatic heterocycles. The second-order valence-corrected chi connectivity index (χ2v) is 7.95. The minimum atomic E-state index is 0.0691. The zero-order valence-electron chi connectivity index (χ0n) is 13.6. The number of nitrogens with zero attached hydrogens (tertiary/aromatic N) is 1. The SMILES string of the molecule is Cc1ccccc1N1C(C)c2c(oc3ccsc23)C12CCCC2. The van der Waals surface area contributed by atoms with Crippen LogP contribution in [0.1, 0.15) is 55.5 Å². The number of rotatable bonds is 1. The minimum Gasteiger partial charge on any atom is -0.457 e. The third-order valence-electron chi connectivity index (χ3n) is 5.82. The first kappa shape index (κ1) is 13.7. The Morgan fingerprint density at radius 3 is 2.74 bits per heavy atom. The van der Waals surface area contributed by atoms with Gasteiger partial charge in [0.25, 0.3) is 0 Å². The molecule has 2 nitrogen and oxygen atoms in total. The summed E-state index contributed by atoms with van der Waals surface area (Å²) in [6.07, 6.45) is 5.00. The van der Waals surface area contributed by atoms with Crippen LogP contribution in [0.2, 0.25) is 0 Å². The van der Waals surface area contributed by atoms with Crippen molar-refractivity contribution in [1.29, 1.82) is 0 Å². The van der Waals surface area contributed by atoms with E-state index in [9.17, 15) is 0 Å². The number of aryl methyl sites for hydroxylation is 1. The summed E-state index contributed by atoms with van der Waals surface area (Å²) in [5.74, 6) is 1.26. The van der Waals surface area contributed by atoms with Gasteiger partial charge in [0.15, 0.2) is 0 Å². The van der Waals surface area contributed by atoms with Crippen LogP contribution >= 0.6 is 11.3 Å². The van der Waals surface area contributed by atoms with Crippen molar-refractivity contribution in [3.05, 3.63) is 52.6 Å². The predicted molar refractivity (Wildman–Crippen MR) is 96.3 cm³/mol. The first-order chi connectivity index (χ1) is 11.2. The maximum Gasteiger partial charge on any atom is 0.145 e. The second-order valence-electron chi connectivity index (χ2n) is 7.03. The summed E-state index contributed by atoms with van der Waals surface area (Å²) >= 11 is 1.83. The molecule has 1 saturated carbocycles. The van der Waals surface area contributed by atoms with Gasteiger partial charge in [-0.15, -0.1) is 11.3 Å². The molecule has 1 atom stereocenters. The van der Waals surface area contributed by atoms with E-state index in [0.717, 1.165) is 5.58 Å². The molecule has 1 fully saturated rings. The van der Waals surface area contributed by atoms with Crippen LogP contribution in [0.15, 0.2) is 40.1 Å². The van der Waals surface area contributed by atoms with Crippen molar-refractivity contribution in [3.63, 3.8) is 0 Å². The lowest BCUT2D eigenvalue weighted by molar-refractivity contribution is 0.348. The number of hydrogen-bond donors (Lipinski definition) is 0. The van der Waals surface area contributed by atoms with E-state index in [-0.39, 0.29) is 5.54 Å². The van der Waals surface area contributed by atoms with Crippen LogP contribution in [0.3, 0.4) is 0 Å². The molecule has 118 valence electrons. The number of furan rings is 1. The van der Waals surface area contributed by atoms with Crippen LogP contribution in [0, 0.1) is 6.92 Å². The van der Waals surface area contributed by atoms with Crippen molar-refractivity contribution >= 4 is 27.3 Å². The molecule has 2 aliphatic rings. The largest absolute Gasteiger partial charge is 0.457 e. The standard InChI is InChI=1S/C20H21NOS/c1-13-7-3-4-8-15(13)21-14(2)17-18-16(9-12-23-18)22-19(17)20(21)10-5-6-11-20/h3-4,7-9,12,14H,5-6,10-11H2,1-2H3. The first-order valence-electron chi connectivity index (χ1n) is 8.58. The van der Waals surface area contributed by atoms with E-state index in [1.54, 1.807) is 0 Å². The van der Waals surface area contributed by atoms with Gasteiger partial charge >= 0.3 is 0 Å². The summed E-state index contributed by atoms with van der Waals surface area (Å²) in [7, 11) is 0. The average molecular weight is 323 g/mol. The van der Waals surface area contributed by atoms with Crippen LogP contribution in [-0.4, -0.2) is 0 Å². The van der Waals surface area contributed by atoms with Crippen molar-refractivity contribution in [2.24, 2.45) is 0 Å². The molecular formula is C20H21NOS. The fourth-order valence-corrected chi connectivity index (χ4v) is 5.82. The quantitative estimate of drug-likeness (QED) is 0.534. The molecule has 0 bridgehead atoms. The molecule has 1 aliphatic heterocycles. The number of benzene rings is 1. The lowest BCUT2D eigenvalue weighted by atomic mass is 9.93. The van der Waals surface area contributed by atoms with Gasteiger partial charge in [0.2, 0.25) is 0 Å². The molecule has 0 saturated heterocycles. The Balaban J connectivity index is 1.78. The molecule has 3 heteroatoms. The second kappa shape index (κ2) is 4.64. The summed E-state index contributed by atoms with van der Waals surface area (Å²) in [4.78, 5) is 2.67. The summed E-state index contributed by atoms with van der Waals surface area (Å²) in [6.45, 7) is 4.58. The van der Waals surface area contributed by atoms with Gasteiger partial charge in [-0.1, -0.05) is 31.0 Å². The fraction of sp³-hybridized carbons (Fsp3) is 0.400. The van der Waals surface area contributed by atoms with Crippen molar-refractivity contribution in [3.8, 4) is 0 Å². The lowest BCUT2D eigenvalue weighted by Crippen LogP contribution is -2.40. The van der Waals surface area contributed by atoms with Crippen LogP contribution in [0.25, 0.3) is 10.3 Å². The van der Waals surface area contributed by atoms with E-state index in [2.05, 4.69) is 54.5 Å². The highest BCUT2D eigenvalue weighted by molar-refractivity contribution is 7.17. The molecule has 1 aliphatic carbocycles. The molecule has 1 spiro atoms. The van der Waals surface area contributed by atoms with E-state index in [4.69, 9.17) is 4.42 Å². The third kappa shape index (κ3) is 1.64. The van der Waals surface area contributed by atoms with Gasteiger partial charge in [0.1, 0.15) is 11.3 Å². The molecule has 0 radical (unpaired) electrons. The zero-order chi connectivity index (χ0) is 15.6. The number of hydrogen-bond acceptors (Lipinski definition) is 3. The van der Waals surface area contributed by atoms with Gasteiger partial charge in [0, 0.05) is 11.3 Å². The van der Waals surface area contributed by atoms with Gasteiger partial charge in [0.05, 0.1) is 16.3 Å². The van der Waals surface area contributed by atoms with Crippen molar-refractivity contribution < 1.29 is 4.42 Å². The maximum atomic E-state index is 6.42. The molecular weight excluding hydrogens is 302 g/mol. The Bertz CT molecular complexity index is 884. The summed E-state index contributed by atoms with van der Waals surface area (Å²) in [6, 6.07) is 11.3. The van der Waals surface area contributed by atoms with Crippen molar-refractivity contribution in [2.75, 3.05) is 4.90 Å². The van der Waals surface area contributed by atoms with Crippen molar-refractivity contribution in [1.82, 2.24) is 0 Å². The Hall–Kier alpha value is -1.74. The highest BCUT2D eigenvalue weighted by Gasteiger charge is 2.54. The smallest absolute Gasteiger partial charge is 0.145 e. The molecule has 23 heavy (non-hydrogen) atoms. The maximum absolute atomic E-state index is 6.42. The Morgan fingerprint density at radius 2 is 1.96 bits per heavy atom. The molecule has 3 aromatic rings. The Labute approximate surface area is 140 Å². The number of para-hydroxylation sites is 1. The van der Waals surface area contributed by atoms with E-state index < -0.39 is 0 Å². The summed E-state index contributed by atoms with van der Waals surface area (Å²) in [5.41, 5.74) is 5.33. The Morgan fingerprint density at radius 1 is 1.17 bits per heavy atom. The van der Waals surface area contributed by atoms with Crippen LogP contribution in [0.4, 0.5) is 5.69 Å². The Kier molecular flexibility index (Phi) is 2.76. The summed E-state index contributed by atoms with van der Waals surface area (Å²) in [5, 5.41) is 2.15. The monoisotopic (exact) mass is 323 g/mol. The molecule has 0 N–H and O–H groups in total. The van der Waals surface area contributed by atoms with E-state index in [1.807, 2.05) is 11.3 Å². The van der Waals surface area contributed by atoms with E-state index in [1.165, 1.54) is 53.0 Å².